The highest BCUT2D eigenvalue weighted by molar-refractivity contribution is 6.20. The quantitative estimate of drug-likeness (QED) is 0.537. The van der Waals surface area contributed by atoms with Crippen molar-refractivity contribution in [1.29, 1.82) is 0 Å². The number of benzene rings is 2. The number of ether oxygens (including phenoxy) is 2. The van der Waals surface area contributed by atoms with E-state index in [1.165, 1.54) is 6.92 Å². The van der Waals surface area contributed by atoms with Crippen LogP contribution in [0.3, 0.4) is 0 Å². The first-order valence-corrected chi connectivity index (χ1v) is 9.70. The molecule has 2 aromatic rings. The summed E-state index contributed by atoms with van der Waals surface area (Å²) in [4.78, 5) is 37.3. The number of ketones is 1. The van der Waals surface area contributed by atoms with Gasteiger partial charge in [0.25, 0.3) is 5.91 Å². The van der Waals surface area contributed by atoms with Crippen molar-refractivity contribution in [1.82, 2.24) is 0 Å². The molecule has 7 nitrogen and oxygen atoms in total. The van der Waals surface area contributed by atoms with Crippen molar-refractivity contribution in [3.63, 3.8) is 0 Å². The van der Waals surface area contributed by atoms with E-state index < -0.39 is 23.8 Å². The van der Waals surface area contributed by atoms with Crippen LogP contribution in [0.4, 0.5) is 11.4 Å². The zero-order chi connectivity index (χ0) is 21.7. The van der Waals surface area contributed by atoms with Crippen LogP contribution in [0.15, 0.2) is 66.1 Å². The number of amides is 1. The Bertz CT molecular complexity index is 982. The molecule has 0 unspecified atom stereocenters. The van der Waals surface area contributed by atoms with Crippen molar-refractivity contribution in [2.45, 2.75) is 32.8 Å². The molecule has 7 heteroatoms. The Morgan fingerprint density at radius 1 is 1.00 bits per heavy atom. The van der Waals surface area contributed by atoms with Crippen molar-refractivity contribution in [3.8, 4) is 0 Å². The van der Waals surface area contributed by atoms with E-state index in [-0.39, 0.29) is 24.0 Å². The minimum atomic E-state index is -1.10. The molecule has 1 atom stereocenters. The number of Topliss-reactive ketones (excluding diaryl/α,β-unsaturated/α-hetero) is 1. The normalized spacial score (nSPS) is 14.3. The molecule has 1 heterocycles. The molecule has 1 aliphatic rings. The minimum Gasteiger partial charge on any atom is -0.470 e. The number of hydrogen-bond donors (Lipinski definition) is 2. The molecule has 0 saturated heterocycles. The number of hydrogen-bond acceptors (Lipinski definition) is 6. The molecule has 1 amide bonds. The van der Waals surface area contributed by atoms with Gasteiger partial charge in [0.05, 0.1) is 0 Å². The van der Waals surface area contributed by atoms with Crippen LogP contribution >= 0.6 is 0 Å². The van der Waals surface area contributed by atoms with Gasteiger partial charge in [-0.3, -0.25) is 9.59 Å². The number of para-hydroxylation sites is 2. The Kier molecular flexibility index (Phi) is 6.51. The van der Waals surface area contributed by atoms with E-state index in [0.29, 0.717) is 11.4 Å². The molecule has 30 heavy (non-hydrogen) atoms. The zero-order valence-corrected chi connectivity index (χ0v) is 17.1. The summed E-state index contributed by atoms with van der Waals surface area (Å²) in [5.74, 6) is -1.66. The molecular weight excluding hydrogens is 384 g/mol. The molecule has 0 bridgehead atoms. The van der Waals surface area contributed by atoms with Gasteiger partial charge in [-0.1, -0.05) is 50.2 Å². The van der Waals surface area contributed by atoms with Gasteiger partial charge in [0.1, 0.15) is 0 Å². The van der Waals surface area contributed by atoms with Crippen LogP contribution in [0.1, 0.15) is 32.3 Å². The van der Waals surface area contributed by atoms with Crippen LogP contribution in [0.5, 0.6) is 0 Å². The van der Waals surface area contributed by atoms with Gasteiger partial charge in [-0.2, -0.15) is 0 Å². The molecule has 0 saturated carbocycles. The Morgan fingerprint density at radius 3 is 2.37 bits per heavy atom. The van der Waals surface area contributed by atoms with Gasteiger partial charge < -0.3 is 20.1 Å². The van der Waals surface area contributed by atoms with Crippen LogP contribution in [0.2, 0.25) is 0 Å². The highest BCUT2D eigenvalue weighted by atomic mass is 16.6. The van der Waals surface area contributed by atoms with Gasteiger partial charge >= 0.3 is 5.97 Å². The van der Waals surface area contributed by atoms with Crippen molar-refractivity contribution in [3.05, 3.63) is 71.6 Å². The van der Waals surface area contributed by atoms with Gasteiger partial charge in [0.15, 0.2) is 18.3 Å². The first-order valence-electron chi connectivity index (χ1n) is 9.70. The monoisotopic (exact) mass is 408 g/mol. The molecule has 3 rings (SSSR count). The second-order valence-corrected chi connectivity index (χ2v) is 7.19. The molecular formula is C23H24N2O5. The maximum Gasteiger partial charge on any atom is 0.348 e. The first-order chi connectivity index (χ1) is 14.4. The fourth-order valence-electron chi connectivity index (χ4n) is 2.99. The largest absolute Gasteiger partial charge is 0.470 e. The van der Waals surface area contributed by atoms with Gasteiger partial charge in [0.2, 0.25) is 11.7 Å². The van der Waals surface area contributed by atoms with Gasteiger partial charge in [-0.15, -0.1) is 0 Å². The van der Waals surface area contributed by atoms with Crippen molar-refractivity contribution < 1.29 is 23.9 Å². The third-order valence-corrected chi connectivity index (χ3v) is 4.58. The average Bonchev–Trinajstić information content (AvgIpc) is 3.09. The Balaban J connectivity index is 1.70. The number of esters is 1. The highest BCUT2D eigenvalue weighted by Crippen LogP contribution is 2.24. The first kappa shape index (κ1) is 21.1. The van der Waals surface area contributed by atoms with Crippen molar-refractivity contribution >= 4 is 29.0 Å². The number of nitrogens with one attached hydrogen (secondary N) is 2. The Morgan fingerprint density at radius 2 is 1.67 bits per heavy atom. The maximum absolute atomic E-state index is 12.6. The van der Waals surface area contributed by atoms with Crippen molar-refractivity contribution in [2.75, 3.05) is 17.2 Å². The smallest absolute Gasteiger partial charge is 0.348 e. The molecule has 0 aromatic heterocycles. The van der Waals surface area contributed by atoms with E-state index >= 15 is 0 Å². The SMILES string of the molecule is CC(C)c1ccccc1NC(=O)[C@H](C)OC(=O)C1=C(Nc2ccccc2)OCC1=O. The summed E-state index contributed by atoms with van der Waals surface area (Å²) in [7, 11) is 0. The molecule has 0 radical (unpaired) electrons. The second-order valence-electron chi connectivity index (χ2n) is 7.19. The van der Waals surface area contributed by atoms with Crippen LogP contribution < -0.4 is 10.6 Å². The summed E-state index contributed by atoms with van der Waals surface area (Å²) in [6, 6.07) is 16.4. The maximum atomic E-state index is 12.6. The van der Waals surface area contributed by atoms with E-state index in [1.54, 1.807) is 30.3 Å². The van der Waals surface area contributed by atoms with Gasteiger partial charge in [0, 0.05) is 11.4 Å². The summed E-state index contributed by atoms with van der Waals surface area (Å²) in [6.07, 6.45) is -1.10. The lowest BCUT2D eigenvalue weighted by Crippen LogP contribution is -2.32. The predicted molar refractivity (Wildman–Crippen MR) is 113 cm³/mol. The van der Waals surface area contributed by atoms with E-state index in [1.807, 2.05) is 38.1 Å². The molecule has 2 aromatic carbocycles. The van der Waals surface area contributed by atoms with Crippen LogP contribution in [0.25, 0.3) is 0 Å². The molecule has 156 valence electrons. The highest BCUT2D eigenvalue weighted by Gasteiger charge is 2.34. The molecule has 0 aliphatic carbocycles. The zero-order valence-electron chi connectivity index (χ0n) is 17.1. The Labute approximate surface area is 175 Å². The van der Waals surface area contributed by atoms with E-state index in [9.17, 15) is 14.4 Å². The van der Waals surface area contributed by atoms with Gasteiger partial charge in [-0.25, -0.2) is 4.79 Å². The second kappa shape index (κ2) is 9.26. The number of rotatable bonds is 7. The molecule has 0 spiro atoms. The summed E-state index contributed by atoms with van der Waals surface area (Å²) >= 11 is 0. The summed E-state index contributed by atoms with van der Waals surface area (Å²) in [6.45, 7) is 5.24. The van der Waals surface area contributed by atoms with Crippen LogP contribution in [0, 0.1) is 0 Å². The predicted octanol–water partition coefficient (Wildman–Crippen LogP) is 3.60. The lowest BCUT2D eigenvalue weighted by molar-refractivity contribution is -0.150. The van der Waals surface area contributed by atoms with E-state index in [0.717, 1.165) is 5.56 Å². The van der Waals surface area contributed by atoms with Gasteiger partial charge in [-0.05, 0) is 36.6 Å². The number of carbonyl (C=O) groups is 3. The van der Waals surface area contributed by atoms with Crippen LogP contribution in [-0.2, 0) is 23.9 Å². The fraction of sp³-hybridized carbons (Fsp3) is 0.261. The van der Waals surface area contributed by atoms with Crippen LogP contribution in [-0.4, -0.2) is 30.4 Å². The standard InChI is InChI=1S/C23H24N2O5/c1-14(2)17-11-7-8-12-18(17)25-21(27)15(3)30-23(28)20-19(26)13-29-22(20)24-16-9-5-4-6-10-16/h4-12,14-15,24H,13H2,1-3H3,(H,25,27)/t15-/m0/s1. The van der Waals surface area contributed by atoms with Crippen molar-refractivity contribution in [2.24, 2.45) is 0 Å². The van der Waals surface area contributed by atoms with E-state index in [4.69, 9.17) is 9.47 Å². The number of carbonyl (C=O) groups excluding carboxylic acids is 3. The fourth-order valence-corrected chi connectivity index (χ4v) is 2.99. The topological polar surface area (TPSA) is 93.7 Å². The summed E-state index contributed by atoms with van der Waals surface area (Å²) in [5.41, 5.74) is 2.05. The molecule has 0 fully saturated rings. The summed E-state index contributed by atoms with van der Waals surface area (Å²) in [5, 5.41) is 5.69. The summed E-state index contributed by atoms with van der Waals surface area (Å²) < 4.78 is 10.6. The number of anilines is 2. The lowest BCUT2D eigenvalue weighted by Gasteiger charge is -2.17. The minimum absolute atomic E-state index is 0.0222. The Hall–Kier alpha value is -3.61. The average molecular weight is 408 g/mol. The molecule has 1 aliphatic heterocycles. The van der Waals surface area contributed by atoms with E-state index in [2.05, 4.69) is 10.6 Å². The third kappa shape index (κ3) is 4.86. The third-order valence-electron chi connectivity index (χ3n) is 4.58. The lowest BCUT2D eigenvalue weighted by atomic mass is 10.0. The molecule has 2 N–H and O–H groups in total.